The lowest BCUT2D eigenvalue weighted by Crippen LogP contribution is -2.55. The zero-order valence-electron chi connectivity index (χ0n) is 18.5. The van der Waals surface area contributed by atoms with Crippen LogP contribution in [0.2, 0.25) is 0 Å². The van der Waals surface area contributed by atoms with E-state index in [1.165, 1.54) is 6.42 Å². The van der Waals surface area contributed by atoms with Gasteiger partial charge < -0.3 is 25.6 Å². The molecule has 0 heterocycles. The van der Waals surface area contributed by atoms with Crippen LogP contribution in [0.3, 0.4) is 0 Å². The number of alkyl carbamates (subject to hydrolysis) is 1. The summed E-state index contributed by atoms with van der Waals surface area (Å²) in [7, 11) is 0. The Hall–Kier alpha value is -2.22. The summed E-state index contributed by atoms with van der Waals surface area (Å²) in [5, 5.41) is 26.0. The molecule has 1 fully saturated rings. The Labute approximate surface area is 180 Å². The molecule has 30 heavy (non-hydrogen) atoms. The summed E-state index contributed by atoms with van der Waals surface area (Å²) in [4.78, 5) is 25.0. The van der Waals surface area contributed by atoms with E-state index >= 15 is 0 Å². The highest BCUT2D eigenvalue weighted by molar-refractivity contribution is 5.86. The van der Waals surface area contributed by atoms with Crippen LogP contribution in [-0.2, 0) is 9.53 Å². The first kappa shape index (κ1) is 25.8. The largest absolute Gasteiger partial charge is 0.444 e. The minimum absolute atomic E-state index is 0.0331. The molecule has 4 N–H and O–H groups in total. The van der Waals surface area contributed by atoms with E-state index in [-0.39, 0.29) is 6.42 Å². The second-order valence-electron chi connectivity index (χ2n) is 8.79. The van der Waals surface area contributed by atoms with Gasteiger partial charge in [0.25, 0.3) is 0 Å². The third kappa shape index (κ3) is 9.52. The molecule has 4 atom stereocenters. The molecule has 1 aliphatic carbocycles. The first-order valence-electron chi connectivity index (χ1n) is 10.6. The summed E-state index contributed by atoms with van der Waals surface area (Å²) in [5.41, 5.74) is -0.718. The van der Waals surface area contributed by atoms with Gasteiger partial charge in [0.2, 0.25) is 5.91 Å². The zero-order valence-corrected chi connectivity index (χ0v) is 18.5. The summed E-state index contributed by atoms with van der Waals surface area (Å²) in [6.07, 6.45) is 7.99. The van der Waals surface area contributed by atoms with E-state index in [4.69, 9.17) is 11.2 Å². The first-order chi connectivity index (χ1) is 14.1. The van der Waals surface area contributed by atoms with Crippen LogP contribution in [0.4, 0.5) is 4.79 Å². The molecule has 0 spiro atoms. The van der Waals surface area contributed by atoms with Gasteiger partial charge in [-0.2, -0.15) is 0 Å². The number of hydrogen-bond donors (Lipinski definition) is 4. The van der Waals surface area contributed by atoms with E-state index in [1.54, 1.807) is 27.7 Å². The predicted molar refractivity (Wildman–Crippen MR) is 115 cm³/mol. The van der Waals surface area contributed by atoms with E-state index in [2.05, 4.69) is 28.4 Å². The summed E-state index contributed by atoms with van der Waals surface area (Å²) in [6, 6.07) is -1.72. The van der Waals surface area contributed by atoms with Gasteiger partial charge in [-0.15, -0.1) is 18.3 Å². The molecular formula is C23H36N2O5. The fourth-order valence-corrected chi connectivity index (χ4v) is 3.58. The topological polar surface area (TPSA) is 108 Å². The van der Waals surface area contributed by atoms with Crippen molar-refractivity contribution in [3.05, 3.63) is 0 Å². The molecule has 2 amide bonds. The van der Waals surface area contributed by atoms with Crippen LogP contribution in [-0.4, -0.2) is 52.1 Å². The number of carbonyl (C=O) groups is 2. The van der Waals surface area contributed by atoms with Crippen molar-refractivity contribution in [3.8, 4) is 24.2 Å². The lowest BCUT2D eigenvalue weighted by atomic mass is 9.83. The molecule has 7 heteroatoms. The van der Waals surface area contributed by atoms with Crippen LogP contribution >= 0.6 is 0 Å². The third-order valence-corrected chi connectivity index (χ3v) is 5.00. The van der Waals surface area contributed by atoms with Gasteiger partial charge in [0.05, 0.1) is 6.04 Å². The molecule has 1 aliphatic rings. The van der Waals surface area contributed by atoms with Gasteiger partial charge >= 0.3 is 6.09 Å². The van der Waals surface area contributed by atoms with Gasteiger partial charge in [-0.1, -0.05) is 38.0 Å². The highest BCUT2D eigenvalue weighted by Gasteiger charge is 2.32. The van der Waals surface area contributed by atoms with Crippen molar-refractivity contribution in [1.82, 2.24) is 10.6 Å². The van der Waals surface area contributed by atoms with Gasteiger partial charge in [0.15, 0.2) is 0 Å². The van der Waals surface area contributed by atoms with Crippen LogP contribution in [0.5, 0.6) is 0 Å². The fraction of sp³-hybridized carbons (Fsp3) is 0.739. The maximum atomic E-state index is 12.9. The molecular weight excluding hydrogens is 384 g/mol. The molecule has 0 radical (unpaired) electrons. The quantitative estimate of drug-likeness (QED) is 0.450. The Bertz CT molecular complexity index is 662. The molecule has 0 aromatic heterocycles. The lowest BCUT2D eigenvalue weighted by molar-refractivity contribution is -0.125. The third-order valence-electron chi connectivity index (χ3n) is 5.00. The minimum atomic E-state index is -1.28. The number of nitrogens with one attached hydrogen (secondary N) is 2. The van der Waals surface area contributed by atoms with Crippen LogP contribution in [0.15, 0.2) is 0 Å². The Balaban J connectivity index is 2.90. The molecule has 0 aliphatic heterocycles. The van der Waals surface area contributed by atoms with Crippen molar-refractivity contribution in [2.24, 2.45) is 5.92 Å². The average Bonchev–Trinajstić information content (AvgIpc) is 2.66. The van der Waals surface area contributed by atoms with E-state index in [9.17, 15) is 19.8 Å². The van der Waals surface area contributed by atoms with Crippen molar-refractivity contribution in [2.75, 3.05) is 0 Å². The van der Waals surface area contributed by atoms with Crippen LogP contribution in [0.25, 0.3) is 0 Å². The van der Waals surface area contributed by atoms with E-state index in [0.717, 1.165) is 25.7 Å². The van der Waals surface area contributed by atoms with Gasteiger partial charge in [-0.3, -0.25) is 4.79 Å². The van der Waals surface area contributed by atoms with Crippen molar-refractivity contribution < 1.29 is 24.5 Å². The number of ether oxygens (including phenoxy) is 1. The number of carbonyl (C=O) groups excluding carboxylic acids is 2. The lowest BCUT2D eigenvalue weighted by Gasteiger charge is -2.32. The Morgan fingerprint density at radius 3 is 2.33 bits per heavy atom. The second-order valence-corrected chi connectivity index (χ2v) is 8.79. The SMILES string of the molecule is C#CCC(NC(=O)OC(C)(C)C)C(=O)N[C@@H](CC1CCCCC1)[C@@H](O)[C@@H](O)C#CC. The molecule has 0 aromatic carbocycles. The first-order valence-corrected chi connectivity index (χ1v) is 10.6. The molecule has 1 unspecified atom stereocenters. The van der Waals surface area contributed by atoms with Gasteiger partial charge in [-0.25, -0.2) is 4.79 Å². The van der Waals surface area contributed by atoms with Crippen molar-refractivity contribution in [1.29, 1.82) is 0 Å². The molecule has 168 valence electrons. The molecule has 0 saturated heterocycles. The van der Waals surface area contributed by atoms with E-state index in [0.29, 0.717) is 12.3 Å². The van der Waals surface area contributed by atoms with Crippen molar-refractivity contribution in [2.45, 2.75) is 103 Å². The average molecular weight is 421 g/mol. The summed E-state index contributed by atoms with van der Waals surface area (Å²) in [6.45, 7) is 6.72. The zero-order chi connectivity index (χ0) is 22.7. The van der Waals surface area contributed by atoms with Crippen LogP contribution in [0.1, 0.15) is 72.6 Å². The predicted octanol–water partition coefficient (Wildman–Crippen LogP) is 2.10. The van der Waals surface area contributed by atoms with E-state index < -0.39 is 41.9 Å². The molecule has 0 bridgehead atoms. The van der Waals surface area contributed by atoms with Crippen molar-refractivity contribution in [3.63, 3.8) is 0 Å². The Morgan fingerprint density at radius 2 is 1.80 bits per heavy atom. The molecule has 7 nitrogen and oxygen atoms in total. The second kappa shape index (κ2) is 12.5. The number of amides is 2. The van der Waals surface area contributed by atoms with E-state index in [1.807, 2.05) is 0 Å². The molecule has 1 rings (SSSR count). The monoisotopic (exact) mass is 420 g/mol. The van der Waals surface area contributed by atoms with Gasteiger partial charge in [0, 0.05) is 6.42 Å². The summed E-state index contributed by atoms with van der Waals surface area (Å²) in [5.74, 6) is 7.29. The number of aliphatic hydroxyl groups is 2. The Morgan fingerprint density at radius 1 is 1.17 bits per heavy atom. The minimum Gasteiger partial charge on any atom is -0.444 e. The Kier molecular flexibility index (Phi) is 10.7. The highest BCUT2D eigenvalue weighted by atomic mass is 16.6. The highest BCUT2D eigenvalue weighted by Crippen LogP contribution is 2.28. The smallest absolute Gasteiger partial charge is 0.408 e. The summed E-state index contributed by atoms with van der Waals surface area (Å²) < 4.78 is 5.20. The normalized spacial score (nSPS) is 18.6. The fourth-order valence-electron chi connectivity index (χ4n) is 3.58. The molecule has 0 aromatic rings. The number of aliphatic hydroxyl groups excluding tert-OH is 2. The summed E-state index contributed by atoms with van der Waals surface area (Å²) >= 11 is 0. The van der Waals surface area contributed by atoms with Gasteiger partial charge in [-0.05, 0) is 40.0 Å². The van der Waals surface area contributed by atoms with Crippen LogP contribution < -0.4 is 10.6 Å². The molecule has 1 saturated carbocycles. The number of terminal acetylenes is 1. The standard InChI is InChI=1S/C23H36N2O5/c1-6-11-17(25-22(29)30-23(3,4)5)21(28)24-18(20(27)19(26)12-7-2)15-16-13-9-8-10-14-16/h1,16-20,26-27H,8-11,13-15H2,2-5H3,(H,24,28)(H,25,29)/t17?,18-,19-,20+/m0/s1. The maximum absolute atomic E-state index is 12.9. The van der Waals surface area contributed by atoms with Gasteiger partial charge in [0.1, 0.15) is 23.9 Å². The van der Waals surface area contributed by atoms with Crippen molar-refractivity contribution >= 4 is 12.0 Å². The maximum Gasteiger partial charge on any atom is 0.408 e. The number of hydrogen-bond acceptors (Lipinski definition) is 5. The number of rotatable bonds is 8. The van der Waals surface area contributed by atoms with Crippen LogP contribution in [0, 0.1) is 30.1 Å².